The maximum absolute atomic E-state index is 12.2. The van der Waals surface area contributed by atoms with E-state index in [1.807, 2.05) is 12.1 Å². The molecule has 0 aliphatic carbocycles. The SMILES string of the molecule is COc1ccc(CC(=O)N2CCC(C)(O)C2)cc1OC. The van der Waals surface area contributed by atoms with E-state index in [2.05, 4.69) is 0 Å². The van der Waals surface area contributed by atoms with Gasteiger partial charge in [-0.3, -0.25) is 4.79 Å². The highest BCUT2D eigenvalue weighted by atomic mass is 16.5. The summed E-state index contributed by atoms with van der Waals surface area (Å²) in [4.78, 5) is 13.9. The number of aliphatic hydroxyl groups is 1. The zero-order valence-corrected chi connectivity index (χ0v) is 12.2. The summed E-state index contributed by atoms with van der Waals surface area (Å²) in [7, 11) is 3.15. The van der Waals surface area contributed by atoms with Crippen molar-refractivity contribution in [2.24, 2.45) is 0 Å². The summed E-state index contributed by atoms with van der Waals surface area (Å²) < 4.78 is 10.4. The average molecular weight is 279 g/mol. The number of nitrogens with zero attached hydrogens (tertiary/aromatic N) is 1. The van der Waals surface area contributed by atoms with E-state index in [-0.39, 0.29) is 5.91 Å². The maximum atomic E-state index is 12.2. The van der Waals surface area contributed by atoms with Crippen LogP contribution in [0.15, 0.2) is 18.2 Å². The highest BCUT2D eigenvalue weighted by molar-refractivity contribution is 5.79. The molecule has 1 aromatic carbocycles. The minimum atomic E-state index is -0.757. The second-order valence-electron chi connectivity index (χ2n) is 5.43. The number of benzene rings is 1. The monoisotopic (exact) mass is 279 g/mol. The number of ether oxygens (including phenoxy) is 2. The summed E-state index contributed by atoms with van der Waals surface area (Å²) in [6, 6.07) is 5.46. The Bertz CT molecular complexity index is 499. The summed E-state index contributed by atoms with van der Waals surface area (Å²) in [5, 5.41) is 9.90. The molecule has 1 saturated heterocycles. The number of carbonyl (C=O) groups excluding carboxylic acids is 1. The Labute approximate surface area is 119 Å². The largest absolute Gasteiger partial charge is 0.493 e. The number of amides is 1. The smallest absolute Gasteiger partial charge is 0.227 e. The van der Waals surface area contributed by atoms with Gasteiger partial charge in [-0.2, -0.15) is 0 Å². The highest BCUT2D eigenvalue weighted by Crippen LogP contribution is 2.28. The number of likely N-dealkylation sites (tertiary alicyclic amines) is 1. The van der Waals surface area contributed by atoms with E-state index in [1.54, 1.807) is 32.1 Å². The van der Waals surface area contributed by atoms with Gasteiger partial charge in [-0.15, -0.1) is 0 Å². The third-order valence-electron chi connectivity index (χ3n) is 3.61. The van der Waals surface area contributed by atoms with Crippen molar-refractivity contribution in [3.8, 4) is 11.5 Å². The molecular weight excluding hydrogens is 258 g/mol. The summed E-state index contributed by atoms with van der Waals surface area (Å²) in [5.74, 6) is 1.29. The van der Waals surface area contributed by atoms with Gasteiger partial charge >= 0.3 is 0 Å². The third-order valence-corrected chi connectivity index (χ3v) is 3.61. The van der Waals surface area contributed by atoms with Crippen LogP contribution in [0.25, 0.3) is 0 Å². The molecule has 1 atom stereocenters. The number of β-amino-alcohol motifs (C(OH)–C–C–N with tert-alkyl or cyclic N) is 1. The number of methoxy groups -OCH3 is 2. The van der Waals surface area contributed by atoms with Crippen LogP contribution in [0.2, 0.25) is 0 Å². The number of hydrogen-bond donors (Lipinski definition) is 1. The Balaban J connectivity index is 2.05. The molecule has 1 aromatic rings. The van der Waals surface area contributed by atoms with E-state index in [1.165, 1.54) is 0 Å². The molecule has 5 heteroatoms. The molecular formula is C15H21NO4. The van der Waals surface area contributed by atoms with Gasteiger partial charge in [-0.05, 0) is 31.0 Å². The first kappa shape index (κ1) is 14.7. The van der Waals surface area contributed by atoms with E-state index in [9.17, 15) is 9.90 Å². The van der Waals surface area contributed by atoms with E-state index in [4.69, 9.17) is 9.47 Å². The van der Waals surface area contributed by atoms with E-state index >= 15 is 0 Å². The van der Waals surface area contributed by atoms with Crippen molar-refractivity contribution in [3.63, 3.8) is 0 Å². The zero-order valence-electron chi connectivity index (χ0n) is 12.2. The highest BCUT2D eigenvalue weighted by Gasteiger charge is 2.33. The first-order chi connectivity index (χ1) is 9.45. The van der Waals surface area contributed by atoms with Crippen LogP contribution in [-0.4, -0.2) is 48.8 Å². The van der Waals surface area contributed by atoms with Gasteiger partial charge in [0, 0.05) is 13.1 Å². The summed E-state index contributed by atoms with van der Waals surface area (Å²) in [6.45, 7) is 2.77. The van der Waals surface area contributed by atoms with Crippen LogP contribution in [0.3, 0.4) is 0 Å². The standard InChI is InChI=1S/C15H21NO4/c1-15(18)6-7-16(10-15)14(17)9-11-4-5-12(19-2)13(8-11)20-3/h4-5,8,18H,6-7,9-10H2,1-3H3. The predicted molar refractivity (Wildman–Crippen MR) is 75.1 cm³/mol. The summed E-state index contributed by atoms with van der Waals surface area (Å²) >= 11 is 0. The lowest BCUT2D eigenvalue weighted by atomic mass is 10.1. The Morgan fingerprint density at radius 2 is 2.05 bits per heavy atom. The lowest BCUT2D eigenvalue weighted by molar-refractivity contribution is -0.130. The van der Waals surface area contributed by atoms with E-state index < -0.39 is 5.60 Å². The Morgan fingerprint density at radius 3 is 2.60 bits per heavy atom. The fourth-order valence-electron chi connectivity index (χ4n) is 2.44. The molecule has 0 radical (unpaired) electrons. The van der Waals surface area contributed by atoms with Gasteiger partial charge in [0.25, 0.3) is 0 Å². The predicted octanol–water partition coefficient (Wildman–Crippen LogP) is 1.23. The van der Waals surface area contributed by atoms with Crippen LogP contribution in [0.4, 0.5) is 0 Å². The Kier molecular flexibility index (Phi) is 4.18. The van der Waals surface area contributed by atoms with Gasteiger partial charge in [0.05, 0.1) is 26.2 Å². The zero-order chi connectivity index (χ0) is 14.8. The molecule has 0 spiro atoms. The quantitative estimate of drug-likeness (QED) is 0.900. The normalized spacial score (nSPS) is 21.9. The van der Waals surface area contributed by atoms with Crippen LogP contribution in [0.5, 0.6) is 11.5 Å². The summed E-state index contributed by atoms with van der Waals surface area (Å²) in [5.41, 5.74) is 0.118. The topological polar surface area (TPSA) is 59.0 Å². The molecule has 110 valence electrons. The van der Waals surface area contributed by atoms with Crippen molar-refractivity contribution in [2.75, 3.05) is 27.3 Å². The molecule has 1 aliphatic heterocycles. The van der Waals surface area contributed by atoms with Crippen molar-refractivity contribution in [1.82, 2.24) is 4.90 Å². The first-order valence-electron chi connectivity index (χ1n) is 6.66. The Hall–Kier alpha value is -1.75. The van der Waals surface area contributed by atoms with Gasteiger partial charge in [0.15, 0.2) is 11.5 Å². The van der Waals surface area contributed by atoms with Crippen molar-refractivity contribution in [2.45, 2.75) is 25.4 Å². The average Bonchev–Trinajstić information content (AvgIpc) is 2.79. The fourth-order valence-corrected chi connectivity index (χ4v) is 2.44. The minimum absolute atomic E-state index is 0.0231. The molecule has 1 aliphatic rings. The molecule has 20 heavy (non-hydrogen) atoms. The molecule has 0 saturated carbocycles. The van der Waals surface area contributed by atoms with Crippen molar-refractivity contribution in [3.05, 3.63) is 23.8 Å². The molecule has 1 unspecified atom stereocenters. The van der Waals surface area contributed by atoms with Gasteiger partial charge in [0.1, 0.15) is 0 Å². The van der Waals surface area contributed by atoms with Gasteiger partial charge in [-0.25, -0.2) is 0 Å². The van der Waals surface area contributed by atoms with Crippen molar-refractivity contribution < 1.29 is 19.4 Å². The fraction of sp³-hybridized carbons (Fsp3) is 0.533. The van der Waals surface area contributed by atoms with Crippen molar-refractivity contribution >= 4 is 5.91 Å². The molecule has 1 N–H and O–H groups in total. The van der Waals surface area contributed by atoms with Gasteiger partial charge in [-0.1, -0.05) is 6.07 Å². The molecule has 1 amide bonds. The van der Waals surface area contributed by atoms with Crippen molar-refractivity contribution in [1.29, 1.82) is 0 Å². The van der Waals surface area contributed by atoms with Gasteiger partial charge in [0.2, 0.25) is 5.91 Å². The lowest BCUT2D eigenvalue weighted by Gasteiger charge is -2.19. The van der Waals surface area contributed by atoms with Crippen LogP contribution < -0.4 is 9.47 Å². The molecule has 2 rings (SSSR count). The first-order valence-corrected chi connectivity index (χ1v) is 6.66. The van der Waals surface area contributed by atoms with E-state index in [0.717, 1.165) is 5.56 Å². The Morgan fingerprint density at radius 1 is 1.35 bits per heavy atom. The number of hydrogen-bond acceptors (Lipinski definition) is 4. The van der Waals surface area contributed by atoms with Crippen LogP contribution in [0.1, 0.15) is 18.9 Å². The molecule has 1 heterocycles. The van der Waals surface area contributed by atoms with E-state index in [0.29, 0.717) is 37.4 Å². The van der Waals surface area contributed by atoms with Crippen LogP contribution in [0, 0.1) is 0 Å². The second-order valence-corrected chi connectivity index (χ2v) is 5.43. The maximum Gasteiger partial charge on any atom is 0.227 e. The number of rotatable bonds is 4. The lowest BCUT2D eigenvalue weighted by Crippen LogP contribution is -2.34. The van der Waals surface area contributed by atoms with Crippen LogP contribution in [-0.2, 0) is 11.2 Å². The molecule has 0 bridgehead atoms. The third kappa shape index (κ3) is 3.22. The molecule has 0 aromatic heterocycles. The molecule has 1 fully saturated rings. The van der Waals surface area contributed by atoms with Crippen LogP contribution >= 0.6 is 0 Å². The minimum Gasteiger partial charge on any atom is -0.493 e. The van der Waals surface area contributed by atoms with Gasteiger partial charge < -0.3 is 19.5 Å². The summed E-state index contributed by atoms with van der Waals surface area (Å²) in [6.07, 6.45) is 0.932. The second kappa shape index (κ2) is 5.71. The molecule has 5 nitrogen and oxygen atoms in total. The number of carbonyl (C=O) groups is 1.